The number of nitrogens with zero attached hydrogens (tertiary/aromatic N) is 6. The Balaban J connectivity index is 0.000000196. The summed E-state index contributed by atoms with van der Waals surface area (Å²) in [4.78, 5) is 8.99. The molecule has 6 aromatic carbocycles. The molecule has 6 fully saturated rings. The Hall–Kier alpha value is -7.56. The number of rotatable bonds is 21. The fourth-order valence-corrected chi connectivity index (χ4v) is 20.0. The van der Waals surface area contributed by atoms with Crippen LogP contribution in [0.25, 0.3) is 0 Å². The summed E-state index contributed by atoms with van der Waals surface area (Å²) in [7, 11) is -1.70. The number of piperidine rings is 6. The summed E-state index contributed by atoms with van der Waals surface area (Å²) in [6, 6.07) is -15.5. The number of methoxy groups -OCH3 is 12. The van der Waals surface area contributed by atoms with Gasteiger partial charge in [-0.2, -0.15) is 0 Å². The zero-order valence-electron chi connectivity index (χ0n) is 145. The fourth-order valence-electron chi connectivity index (χ4n) is 20.0. The van der Waals surface area contributed by atoms with E-state index in [4.69, 9.17) is 134 Å². The van der Waals surface area contributed by atoms with E-state index >= 15 is 0 Å². The second-order valence-corrected chi connectivity index (χ2v) is 38.7. The van der Waals surface area contributed by atoms with Crippen molar-refractivity contribution in [1.29, 1.82) is 0 Å². The second-order valence-electron chi connectivity index (χ2n) is 38.7. The highest BCUT2D eigenvalue weighted by Crippen LogP contribution is 2.53. The first-order chi connectivity index (χ1) is 91.7. The van der Waals surface area contributed by atoms with Crippen LogP contribution in [0.3, 0.4) is 0 Å². The van der Waals surface area contributed by atoms with Crippen LogP contribution in [-0.4, -0.2) is 260 Å². The van der Waals surface area contributed by atoms with Crippen LogP contribution in [0.4, 0.5) is 0 Å². The highest BCUT2D eigenvalue weighted by atomic mass is 16.5. The van der Waals surface area contributed by atoms with Gasteiger partial charge in [0.2, 0.25) is 0 Å². The third kappa shape index (κ3) is 26.9. The molecule has 6 aromatic rings. The van der Waals surface area contributed by atoms with Crippen LogP contribution >= 0.6 is 0 Å². The summed E-state index contributed by atoms with van der Waals surface area (Å²) in [6.45, 7) is -5.72. The minimum Gasteiger partial charge on any atom is -0.493 e. The van der Waals surface area contributed by atoms with Gasteiger partial charge < -0.3 is 87.5 Å². The van der Waals surface area contributed by atoms with Gasteiger partial charge in [-0.25, -0.2) is 0 Å². The van der Waals surface area contributed by atoms with Crippen LogP contribution in [0.2, 0.25) is 0 Å². The quantitative estimate of drug-likeness (QED) is 0.0392. The van der Waals surface area contributed by atoms with Crippen molar-refractivity contribution in [2.24, 2.45) is 69.5 Å². The van der Waals surface area contributed by atoms with E-state index in [-0.39, 0.29) is 283 Å². The Morgan fingerprint density at radius 2 is 0.504 bits per heavy atom. The maximum Gasteiger partial charge on any atom is 0.161 e. The van der Waals surface area contributed by atoms with Crippen LogP contribution in [0, 0.1) is 69.5 Å². The number of hydrogen-bond acceptors (Lipinski definition) is 24. The van der Waals surface area contributed by atoms with Crippen molar-refractivity contribution in [3.63, 3.8) is 0 Å². The average molecular weight is 2020 g/mol. The van der Waals surface area contributed by atoms with E-state index in [0.717, 1.165) is 27.2 Å². The zero-order valence-corrected chi connectivity index (χ0v) is 83.3. The molecule has 141 heavy (non-hydrogen) atoms. The number of ether oxygens (including phenoxy) is 12. The van der Waals surface area contributed by atoms with Crippen LogP contribution in [-0.2, 0) is 38.5 Å². The summed E-state index contributed by atoms with van der Waals surface area (Å²) >= 11 is 0. The van der Waals surface area contributed by atoms with E-state index in [1.165, 1.54) is 81.4 Å². The molecular weight excluding hydrogens is 1780 g/mol. The fraction of sp³-hybridized carbons (Fsp3) is 0.692. The molecule has 12 aliphatic rings. The Labute approximate surface area is 933 Å². The number of aliphatic hydroxyl groups is 6. The Morgan fingerprint density at radius 1 is 0.305 bits per heavy atom. The molecule has 0 aliphatic carbocycles. The molecule has 0 spiro atoms. The van der Waals surface area contributed by atoms with E-state index in [2.05, 4.69) is 13.8 Å². The van der Waals surface area contributed by atoms with Gasteiger partial charge in [0.05, 0.1) is 165 Å². The summed E-state index contributed by atoms with van der Waals surface area (Å²) in [5.74, 6) is -11.3. The van der Waals surface area contributed by atoms with Gasteiger partial charge in [-0.1, -0.05) is 103 Å². The van der Waals surface area contributed by atoms with Crippen molar-refractivity contribution < 1.29 is 172 Å². The number of aliphatic hydroxyl groups excluding tert-OH is 4. The van der Waals surface area contributed by atoms with Gasteiger partial charge in [0, 0.05) is 156 Å². The third-order valence-electron chi connectivity index (χ3n) is 26.4. The van der Waals surface area contributed by atoms with Crippen molar-refractivity contribution in [2.45, 2.75) is 291 Å². The smallest absolute Gasteiger partial charge is 0.161 e. The van der Waals surface area contributed by atoms with Crippen molar-refractivity contribution in [3.05, 3.63) is 139 Å². The molecule has 0 aromatic heterocycles. The summed E-state index contributed by atoms with van der Waals surface area (Å²) in [6.07, 6.45) is -25.8. The summed E-state index contributed by atoms with van der Waals surface area (Å²) < 4.78 is 573. The molecule has 0 radical (unpaired) electrons. The Morgan fingerprint density at radius 3 is 0.716 bits per heavy atom. The Kier molecular flexibility index (Phi) is 18.7. The van der Waals surface area contributed by atoms with E-state index < -0.39 is 287 Å². The highest BCUT2D eigenvalue weighted by Gasteiger charge is 2.47. The van der Waals surface area contributed by atoms with Gasteiger partial charge in [0.25, 0.3) is 0 Å². The molecule has 0 amide bonds. The van der Waals surface area contributed by atoms with Crippen LogP contribution < -0.4 is 56.8 Å². The van der Waals surface area contributed by atoms with Crippen LogP contribution in [0.5, 0.6) is 69.0 Å². The van der Waals surface area contributed by atoms with E-state index in [9.17, 15) is 38.9 Å². The molecule has 24 nitrogen and oxygen atoms in total. The molecule has 6 N–H and O–H groups in total. The predicted molar refractivity (Wildman–Crippen MR) is 561 cm³/mol. The predicted octanol–water partition coefficient (Wildman–Crippen LogP) is 19.3. The molecule has 18 rings (SSSR count). The summed E-state index contributed by atoms with van der Waals surface area (Å²) in [5.41, 5.74) is -7.18. The summed E-state index contributed by atoms with van der Waals surface area (Å²) in [5, 5.41) is 66.3. The normalized spacial score (nSPS) is 41.0. The van der Waals surface area contributed by atoms with Crippen molar-refractivity contribution in [3.8, 4) is 69.0 Å². The first-order valence-electron chi connectivity index (χ1n) is 78.4. The maximum absolute atomic E-state index is 11.1. The number of fused-ring (bicyclic) bond motifs is 18. The SMILES string of the molecule is [2H]c1c2c(c([2H])c(OC([2H])([2H])[2H])c1OC)C1([2H])CC(O)C(C([2H])([2H])C(C)(C([2H])([2H])[2H])C([2H])([2H])[2H])CN1CC2.[2H]c1c2c(c([2H])c(OC([2H])([2H])[2H])c1OC)C1([2H])CC(O)C(C([2H])([2H])C(C)(C([2H])([2H])[2H])C([2H])([2H])[2H])CN1CC2.[2H]c1c2c(c([2H])c(OC([2H])([2H])[2H])c1OC)C1([2H])CC(O)C(CC(C)C)CN1CC2.[2H]c1c2c(c([2H])c(OC([2H])([2H])[2H])c1OC)C1([2H])N(CC2)CC([2H])(CC(C)C)C([2H])(O)C1([2H])[2H].[2H]c1c2c(c([2H])c(OC)c1OC)C1([2H])CC(O)C(C([2H])([2H])C(C)(C([2H])([2H])[2H])C([2H])([2H])[2H])CN1CC2.[2H]c1c2c(c([2H])c(OC)c1OC)C1([2H])N(CC2)CC([2H])(CC(C)C)C([2H])(O)C1([2H])[2H]. The second kappa shape index (κ2) is 48.4. The maximum atomic E-state index is 11.1. The molecule has 18 atom stereocenters. The van der Waals surface area contributed by atoms with Gasteiger partial charge in [-0.15, -0.1) is 0 Å². The molecule has 6 saturated heterocycles. The first-order valence-corrected chi connectivity index (χ1v) is 47.4. The monoisotopic (exact) mass is 2020 g/mol. The van der Waals surface area contributed by atoms with Crippen molar-refractivity contribution in [1.82, 2.24) is 29.4 Å². The molecule has 18 unspecified atom stereocenters. The molecular formula is C117H180N6O18. The van der Waals surface area contributed by atoms with Crippen molar-refractivity contribution >= 4 is 0 Å². The lowest BCUT2D eigenvalue weighted by molar-refractivity contribution is -0.0259. The van der Waals surface area contributed by atoms with Crippen LogP contribution in [0.1, 0.15) is 368 Å². The standard InChI is InChI=1S/3C20H31NO3.3C19H29NO3/c3*1-20(2,3)11-14-12-21-7-6-13-8-18(23-4)19(24-5)9-15(13)16(21)10-17(14)22;3*1-12(2)7-14-11-20-6-5-13-8-18(22-3)19(23-4)9-15(13)16(20)10-17(14)21/h3*8-9,14,16-17,22H,6-7,10-12H2,1-5H3;3*8-9,12,14,16-17,21H,5-7,10-11H2,1-4H3/i2*1D3,2D3,5D3,8D,9D,11D2,16D;1D3,2D3,8D,9D,11D2,16D;4D3,8D,9D,10D2,14D,16D,17D;8D,9D,10D2,14D,16D,17D;4D3,8D,9D,16D. The molecule has 12 aliphatic heterocycles. The molecule has 0 saturated carbocycles. The van der Waals surface area contributed by atoms with Gasteiger partial charge in [0.15, 0.2) is 69.0 Å². The van der Waals surface area contributed by atoms with Gasteiger partial charge in [-0.05, 0) is 324 Å². The minimum atomic E-state index is -3.27. The lowest BCUT2D eigenvalue weighted by atomic mass is 9.75. The van der Waals surface area contributed by atoms with Gasteiger partial charge >= 0.3 is 0 Å². The first kappa shape index (κ1) is 54.4. The Bertz CT molecular complexity index is 7910. The minimum absolute atomic E-state index is 0.000599. The lowest BCUT2D eigenvalue weighted by Gasteiger charge is -2.47. The van der Waals surface area contributed by atoms with Crippen molar-refractivity contribution in [2.75, 3.05) is 164 Å². The highest BCUT2D eigenvalue weighted by molar-refractivity contribution is 5.55. The van der Waals surface area contributed by atoms with E-state index in [0.29, 0.717) is 36.6 Å². The molecule has 24 heteroatoms. The average Bonchev–Trinajstić information content (AvgIpc) is 0.666. The number of hydrogen-bond donors (Lipinski definition) is 6. The molecule has 12 heterocycles. The molecule has 786 valence electrons. The zero-order chi connectivity index (χ0) is 156. The molecule has 0 bridgehead atoms. The van der Waals surface area contributed by atoms with E-state index in [1.807, 2.05) is 18.7 Å². The number of benzene rings is 6. The van der Waals surface area contributed by atoms with Gasteiger partial charge in [-0.3, -0.25) is 29.4 Å². The largest absolute Gasteiger partial charge is 0.493 e. The topological polar surface area (TPSA) is 252 Å². The van der Waals surface area contributed by atoms with Gasteiger partial charge in [0.1, 0.15) is 0 Å². The van der Waals surface area contributed by atoms with Crippen LogP contribution in [0.15, 0.2) is 72.5 Å². The van der Waals surface area contributed by atoms with E-state index in [1.54, 1.807) is 13.8 Å². The lowest BCUT2D eigenvalue weighted by Crippen LogP contribution is -2.48. The third-order valence-corrected chi connectivity index (χ3v) is 26.4.